The molecule has 18 heavy (non-hydrogen) atoms. The van der Waals surface area contributed by atoms with Crippen LogP contribution in [0.25, 0.3) is 0 Å². The number of imidazole rings is 1. The molecule has 0 saturated heterocycles. The van der Waals surface area contributed by atoms with Crippen molar-refractivity contribution in [1.82, 2.24) is 9.55 Å². The van der Waals surface area contributed by atoms with Crippen LogP contribution in [0.3, 0.4) is 0 Å². The molecule has 1 aromatic rings. The van der Waals surface area contributed by atoms with E-state index in [4.69, 9.17) is 5.73 Å². The second-order valence-electron chi connectivity index (χ2n) is 5.28. The van der Waals surface area contributed by atoms with Gasteiger partial charge in [-0.3, -0.25) is 0 Å². The first kappa shape index (κ1) is 15.2. The predicted molar refractivity (Wildman–Crippen MR) is 77.4 cm³/mol. The highest BCUT2D eigenvalue weighted by Crippen LogP contribution is 2.12. The van der Waals surface area contributed by atoms with Gasteiger partial charge in [-0.25, -0.2) is 4.98 Å². The summed E-state index contributed by atoms with van der Waals surface area (Å²) in [5.41, 5.74) is 7.05. The predicted octanol–water partition coefficient (Wildman–Crippen LogP) is 4.04. The third-order valence-electron chi connectivity index (χ3n) is 3.46. The summed E-state index contributed by atoms with van der Waals surface area (Å²) in [4.78, 5) is 4.18. The van der Waals surface area contributed by atoms with E-state index in [0.717, 1.165) is 12.2 Å². The fourth-order valence-electron chi connectivity index (χ4n) is 2.31. The SMILES string of the molecule is CCCCCCCCCCn1cncc1[C@@H](C)N. The zero-order chi connectivity index (χ0) is 13.2. The Kier molecular flexibility index (Phi) is 7.74. The second kappa shape index (κ2) is 9.15. The zero-order valence-electron chi connectivity index (χ0n) is 12.1. The summed E-state index contributed by atoms with van der Waals surface area (Å²) in [5, 5.41) is 0. The Morgan fingerprint density at radius 3 is 2.33 bits per heavy atom. The van der Waals surface area contributed by atoms with Crippen LogP contribution in [-0.4, -0.2) is 9.55 Å². The molecule has 0 saturated carbocycles. The first-order valence-electron chi connectivity index (χ1n) is 7.51. The maximum atomic E-state index is 5.90. The van der Waals surface area contributed by atoms with Crippen LogP contribution in [-0.2, 0) is 6.54 Å². The Morgan fingerprint density at radius 2 is 1.72 bits per heavy atom. The number of nitrogens with two attached hydrogens (primary N) is 1. The third kappa shape index (κ3) is 5.67. The average Bonchev–Trinajstić information content (AvgIpc) is 2.81. The molecule has 1 rings (SSSR count). The highest BCUT2D eigenvalue weighted by Gasteiger charge is 2.05. The lowest BCUT2D eigenvalue weighted by molar-refractivity contribution is 0.530. The topological polar surface area (TPSA) is 43.8 Å². The van der Waals surface area contributed by atoms with Gasteiger partial charge >= 0.3 is 0 Å². The van der Waals surface area contributed by atoms with Crippen molar-refractivity contribution in [2.24, 2.45) is 5.73 Å². The summed E-state index contributed by atoms with van der Waals surface area (Å²) >= 11 is 0. The summed E-state index contributed by atoms with van der Waals surface area (Å²) in [6.07, 6.45) is 14.7. The molecule has 104 valence electrons. The molecule has 0 amide bonds. The van der Waals surface area contributed by atoms with E-state index >= 15 is 0 Å². The van der Waals surface area contributed by atoms with Gasteiger partial charge < -0.3 is 10.3 Å². The van der Waals surface area contributed by atoms with Crippen LogP contribution in [0.4, 0.5) is 0 Å². The second-order valence-corrected chi connectivity index (χ2v) is 5.28. The molecule has 0 unspecified atom stereocenters. The van der Waals surface area contributed by atoms with Gasteiger partial charge in [-0.05, 0) is 13.3 Å². The van der Waals surface area contributed by atoms with Crippen molar-refractivity contribution >= 4 is 0 Å². The lowest BCUT2D eigenvalue weighted by atomic mass is 10.1. The smallest absolute Gasteiger partial charge is 0.0948 e. The Hall–Kier alpha value is -0.830. The van der Waals surface area contributed by atoms with Gasteiger partial charge in [-0.2, -0.15) is 0 Å². The molecule has 0 aliphatic carbocycles. The van der Waals surface area contributed by atoms with Gasteiger partial charge in [0.25, 0.3) is 0 Å². The molecule has 1 aromatic heterocycles. The van der Waals surface area contributed by atoms with Crippen LogP contribution < -0.4 is 5.73 Å². The third-order valence-corrected chi connectivity index (χ3v) is 3.46. The molecule has 0 bridgehead atoms. The van der Waals surface area contributed by atoms with Gasteiger partial charge in [0.1, 0.15) is 0 Å². The van der Waals surface area contributed by atoms with E-state index in [1.807, 2.05) is 19.4 Å². The molecular formula is C15H29N3. The molecule has 0 fully saturated rings. The number of hydrogen-bond acceptors (Lipinski definition) is 2. The Bertz CT molecular complexity index is 304. The number of rotatable bonds is 10. The number of hydrogen-bond donors (Lipinski definition) is 1. The highest BCUT2D eigenvalue weighted by molar-refractivity contribution is 5.02. The van der Waals surface area contributed by atoms with E-state index < -0.39 is 0 Å². The van der Waals surface area contributed by atoms with E-state index in [0.29, 0.717) is 0 Å². The molecule has 0 radical (unpaired) electrons. The van der Waals surface area contributed by atoms with Gasteiger partial charge in [0.15, 0.2) is 0 Å². The number of aromatic nitrogens is 2. The number of unbranched alkanes of at least 4 members (excludes halogenated alkanes) is 7. The quantitative estimate of drug-likeness (QED) is 0.638. The molecule has 1 atom stereocenters. The van der Waals surface area contributed by atoms with Crippen LogP contribution in [0.5, 0.6) is 0 Å². The molecule has 0 aliphatic heterocycles. The molecule has 0 spiro atoms. The van der Waals surface area contributed by atoms with Gasteiger partial charge in [-0.15, -0.1) is 0 Å². The van der Waals surface area contributed by atoms with Crippen molar-refractivity contribution in [2.45, 2.75) is 77.8 Å². The fraction of sp³-hybridized carbons (Fsp3) is 0.800. The van der Waals surface area contributed by atoms with E-state index in [1.165, 1.54) is 51.4 Å². The maximum absolute atomic E-state index is 5.90. The summed E-state index contributed by atoms with van der Waals surface area (Å²) < 4.78 is 2.20. The van der Waals surface area contributed by atoms with Crippen LogP contribution in [0.1, 0.15) is 76.9 Å². The minimum Gasteiger partial charge on any atom is -0.333 e. The number of aryl methyl sites for hydroxylation is 1. The van der Waals surface area contributed by atoms with Crippen LogP contribution in [0.2, 0.25) is 0 Å². The minimum absolute atomic E-state index is 0.0848. The van der Waals surface area contributed by atoms with Crippen molar-refractivity contribution in [3.05, 3.63) is 18.2 Å². The number of nitrogens with zero attached hydrogens (tertiary/aromatic N) is 2. The lowest BCUT2D eigenvalue weighted by Gasteiger charge is -2.10. The molecular weight excluding hydrogens is 222 g/mol. The Morgan fingerprint density at radius 1 is 1.11 bits per heavy atom. The largest absolute Gasteiger partial charge is 0.333 e. The minimum atomic E-state index is 0.0848. The summed E-state index contributed by atoms with van der Waals surface area (Å²) in [7, 11) is 0. The molecule has 0 aromatic carbocycles. The Balaban J connectivity index is 2.05. The van der Waals surface area contributed by atoms with Crippen LogP contribution >= 0.6 is 0 Å². The van der Waals surface area contributed by atoms with E-state index in [1.54, 1.807) is 0 Å². The monoisotopic (exact) mass is 251 g/mol. The molecule has 1 heterocycles. The normalized spacial score (nSPS) is 12.8. The van der Waals surface area contributed by atoms with Crippen molar-refractivity contribution in [3.8, 4) is 0 Å². The fourth-order valence-corrected chi connectivity index (χ4v) is 2.31. The summed E-state index contributed by atoms with van der Waals surface area (Å²) in [6, 6.07) is 0.0848. The molecule has 3 heteroatoms. The summed E-state index contributed by atoms with van der Waals surface area (Å²) in [5.74, 6) is 0. The van der Waals surface area contributed by atoms with E-state index in [2.05, 4.69) is 16.5 Å². The first-order chi connectivity index (χ1) is 8.75. The average molecular weight is 251 g/mol. The molecule has 0 aliphatic rings. The van der Waals surface area contributed by atoms with Crippen LogP contribution in [0.15, 0.2) is 12.5 Å². The van der Waals surface area contributed by atoms with Gasteiger partial charge in [0.05, 0.1) is 12.0 Å². The van der Waals surface area contributed by atoms with Gasteiger partial charge in [-0.1, -0.05) is 51.9 Å². The standard InChI is InChI=1S/C15H29N3/c1-3-4-5-6-7-8-9-10-11-18-13-17-12-15(18)14(2)16/h12-14H,3-11,16H2,1-2H3/t14-/m1/s1. The highest BCUT2D eigenvalue weighted by atomic mass is 15.1. The van der Waals surface area contributed by atoms with Gasteiger partial charge in [0.2, 0.25) is 0 Å². The lowest BCUT2D eigenvalue weighted by Crippen LogP contribution is -2.11. The first-order valence-corrected chi connectivity index (χ1v) is 7.51. The van der Waals surface area contributed by atoms with E-state index in [9.17, 15) is 0 Å². The van der Waals surface area contributed by atoms with Crippen LogP contribution in [0, 0.1) is 0 Å². The molecule has 2 N–H and O–H groups in total. The van der Waals surface area contributed by atoms with Crippen molar-refractivity contribution in [3.63, 3.8) is 0 Å². The van der Waals surface area contributed by atoms with Crippen molar-refractivity contribution < 1.29 is 0 Å². The van der Waals surface area contributed by atoms with Crippen molar-refractivity contribution in [2.75, 3.05) is 0 Å². The molecule has 3 nitrogen and oxygen atoms in total. The van der Waals surface area contributed by atoms with Gasteiger partial charge in [0, 0.05) is 18.8 Å². The van der Waals surface area contributed by atoms with Crippen molar-refractivity contribution in [1.29, 1.82) is 0 Å². The maximum Gasteiger partial charge on any atom is 0.0948 e. The Labute approximate surface area is 112 Å². The van der Waals surface area contributed by atoms with E-state index in [-0.39, 0.29) is 6.04 Å². The summed E-state index contributed by atoms with van der Waals surface area (Å²) in [6.45, 7) is 5.34. The zero-order valence-corrected chi connectivity index (χ0v) is 12.1.